The average molecular weight is 518 g/mol. The van der Waals surface area contributed by atoms with E-state index in [-0.39, 0.29) is 31.9 Å². The molecule has 0 radical (unpaired) electrons. The molecule has 2 heterocycles. The van der Waals surface area contributed by atoms with Crippen molar-refractivity contribution in [2.45, 2.75) is 12.2 Å². The highest BCUT2D eigenvalue weighted by atomic mass is 35.5. The Hall–Kier alpha value is -2.34. The number of carbonyl (C=O) groups is 1. The SMILES string of the molecule is O=C1N(CCS(=O)(=O)N2CCOCC2)C[C@H](c2cccc(C(F)(F)F)c2)N1c1ccc(Cl)cc1. The number of urea groups is 1. The number of amides is 2. The highest BCUT2D eigenvalue weighted by molar-refractivity contribution is 7.89. The van der Waals surface area contributed by atoms with Crippen LogP contribution in [0, 0.1) is 0 Å². The van der Waals surface area contributed by atoms with Gasteiger partial charge in [0, 0.05) is 36.9 Å². The van der Waals surface area contributed by atoms with Gasteiger partial charge in [-0.2, -0.15) is 17.5 Å². The number of benzene rings is 2. The molecular weight excluding hydrogens is 495 g/mol. The Morgan fingerprint density at radius 3 is 2.38 bits per heavy atom. The summed E-state index contributed by atoms with van der Waals surface area (Å²) in [5.74, 6) is -0.289. The van der Waals surface area contributed by atoms with E-state index in [2.05, 4.69) is 0 Å². The number of rotatable bonds is 6. The Labute approximate surface area is 200 Å². The minimum atomic E-state index is -4.53. The van der Waals surface area contributed by atoms with Gasteiger partial charge in [-0.15, -0.1) is 0 Å². The summed E-state index contributed by atoms with van der Waals surface area (Å²) in [6.45, 7) is 1.08. The molecule has 184 valence electrons. The predicted molar refractivity (Wildman–Crippen MR) is 121 cm³/mol. The molecule has 0 spiro atoms. The van der Waals surface area contributed by atoms with E-state index in [4.69, 9.17) is 16.3 Å². The topological polar surface area (TPSA) is 70.2 Å². The maximum atomic E-state index is 13.3. The molecule has 12 heteroatoms. The van der Waals surface area contributed by atoms with E-state index in [1.165, 1.54) is 26.2 Å². The van der Waals surface area contributed by atoms with Crippen LogP contribution in [-0.2, 0) is 20.9 Å². The van der Waals surface area contributed by atoms with Crippen molar-refractivity contribution in [3.05, 3.63) is 64.7 Å². The average Bonchev–Trinajstić information content (AvgIpc) is 3.15. The Morgan fingerprint density at radius 2 is 1.74 bits per heavy atom. The minimum absolute atomic E-state index is 0.0431. The van der Waals surface area contributed by atoms with Crippen molar-refractivity contribution < 1.29 is 31.1 Å². The largest absolute Gasteiger partial charge is 0.416 e. The summed E-state index contributed by atoms with van der Waals surface area (Å²) >= 11 is 5.96. The van der Waals surface area contributed by atoms with Crippen LogP contribution in [0.25, 0.3) is 0 Å². The van der Waals surface area contributed by atoms with Crippen molar-refractivity contribution in [2.24, 2.45) is 0 Å². The van der Waals surface area contributed by atoms with Crippen LogP contribution in [0.5, 0.6) is 0 Å². The molecule has 0 saturated carbocycles. The van der Waals surface area contributed by atoms with Crippen molar-refractivity contribution in [1.29, 1.82) is 0 Å². The molecule has 1 atom stereocenters. The lowest BCUT2D eigenvalue weighted by atomic mass is 10.0. The van der Waals surface area contributed by atoms with Gasteiger partial charge in [-0.05, 0) is 42.0 Å². The number of morpholine rings is 1. The van der Waals surface area contributed by atoms with Crippen LogP contribution >= 0.6 is 11.6 Å². The van der Waals surface area contributed by atoms with Crippen LogP contribution in [-0.4, -0.2) is 68.8 Å². The fourth-order valence-electron chi connectivity index (χ4n) is 4.09. The summed E-state index contributed by atoms with van der Waals surface area (Å²) in [4.78, 5) is 16.1. The van der Waals surface area contributed by atoms with E-state index in [0.717, 1.165) is 12.1 Å². The number of ether oxygens (including phenoxy) is 1. The van der Waals surface area contributed by atoms with Crippen molar-refractivity contribution >= 4 is 33.3 Å². The van der Waals surface area contributed by atoms with Gasteiger partial charge < -0.3 is 9.64 Å². The lowest BCUT2D eigenvalue weighted by Crippen LogP contribution is -2.44. The third-order valence-corrected chi connectivity index (χ3v) is 7.97. The first-order valence-corrected chi connectivity index (χ1v) is 12.6. The Bertz CT molecular complexity index is 1140. The highest BCUT2D eigenvalue weighted by Gasteiger charge is 2.41. The highest BCUT2D eigenvalue weighted by Crippen LogP contribution is 2.37. The zero-order valence-corrected chi connectivity index (χ0v) is 19.6. The van der Waals surface area contributed by atoms with E-state index in [1.807, 2.05) is 0 Å². The van der Waals surface area contributed by atoms with Gasteiger partial charge in [-0.25, -0.2) is 13.2 Å². The number of nitrogens with zero attached hydrogens (tertiary/aromatic N) is 3. The summed E-state index contributed by atoms with van der Waals surface area (Å²) in [6.07, 6.45) is -4.53. The smallest absolute Gasteiger partial charge is 0.379 e. The minimum Gasteiger partial charge on any atom is -0.379 e. The first-order chi connectivity index (χ1) is 16.1. The monoisotopic (exact) mass is 517 g/mol. The van der Waals surface area contributed by atoms with Crippen molar-refractivity contribution in [3.63, 3.8) is 0 Å². The molecule has 7 nitrogen and oxygen atoms in total. The van der Waals surface area contributed by atoms with Crippen molar-refractivity contribution in [3.8, 4) is 0 Å². The molecule has 2 aliphatic rings. The molecule has 2 fully saturated rings. The second kappa shape index (κ2) is 9.73. The van der Waals surface area contributed by atoms with Gasteiger partial charge in [0.25, 0.3) is 0 Å². The summed E-state index contributed by atoms with van der Waals surface area (Å²) in [7, 11) is -3.62. The number of carbonyl (C=O) groups excluding carboxylic acids is 1. The third kappa shape index (κ3) is 5.32. The van der Waals surface area contributed by atoms with Crippen LogP contribution < -0.4 is 4.90 Å². The fourth-order valence-corrected chi connectivity index (χ4v) is 5.63. The fraction of sp³-hybridized carbons (Fsp3) is 0.409. The van der Waals surface area contributed by atoms with Gasteiger partial charge in [0.2, 0.25) is 10.0 Å². The zero-order valence-electron chi connectivity index (χ0n) is 18.0. The zero-order chi connectivity index (χ0) is 24.5. The van der Waals surface area contributed by atoms with E-state index >= 15 is 0 Å². The molecule has 2 amide bonds. The van der Waals surface area contributed by atoms with Gasteiger partial charge in [0.1, 0.15) is 0 Å². The molecular formula is C22H23ClF3N3O4S. The van der Waals surface area contributed by atoms with Gasteiger partial charge >= 0.3 is 12.2 Å². The summed E-state index contributed by atoms with van der Waals surface area (Å²) in [5, 5.41) is 0.444. The first kappa shape index (κ1) is 24.8. The molecule has 4 rings (SSSR count). The molecule has 2 aliphatic heterocycles. The number of alkyl halides is 3. The van der Waals surface area contributed by atoms with Crippen molar-refractivity contribution in [1.82, 2.24) is 9.21 Å². The van der Waals surface area contributed by atoms with Crippen LogP contribution in [0.2, 0.25) is 5.02 Å². The number of anilines is 1. The molecule has 0 bridgehead atoms. The molecule has 2 saturated heterocycles. The van der Waals surface area contributed by atoms with E-state index in [1.54, 1.807) is 24.3 Å². The lowest BCUT2D eigenvalue weighted by Gasteiger charge is -2.27. The summed E-state index contributed by atoms with van der Waals surface area (Å²) < 4.78 is 71.9. The van der Waals surface area contributed by atoms with Crippen LogP contribution in [0.1, 0.15) is 17.2 Å². The Balaban J connectivity index is 1.61. The summed E-state index contributed by atoms with van der Waals surface area (Å²) in [5.41, 5.74) is -0.0612. The lowest BCUT2D eigenvalue weighted by molar-refractivity contribution is -0.137. The van der Waals surface area contributed by atoms with Crippen molar-refractivity contribution in [2.75, 3.05) is 50.0 Å². The van der Waals surface area contributed by atoms with Gasteiger partial charge in [0.15, 0.2) is 0 Å². The summed E-state index contributed by atoms with van der Waals surface area (Å²) in [6, 6.07) is 9.98. The quantitative estimate of drug-likeness (QED) is 0.581. The second-order valence-electron chi connectivity index (χ2n) is 8.04. The van der Waals surface area contributed by atoms with E-state index < -0.39 is 33.8 Å². The first-order valence-electron chi connectivity index (χ1n) is 10.6. The maximum Gasteiger partial charge on any atom is 0.416 e. The number of sulfonamides is 1. The predicted octanol–water partition coefficient (Wildman–Crippen LogP) is 4.00. The standard InChI is InChI=1S/C22H23ClF3N3O4S/c23-18-4-6-19(7-5-18)29-20(16-2-1-3-17(14-16)22(24,25)26)15-27(21(29)30)10-13-34(31,32)28-8-11-33-12-9-28/h1-7,14,20H,8-13,15H2/t20-/m1/s1. The van der Waals surface area contributed by atoms with Gasteiger partial charge in [0.05, 0.1) is 30.6 Å². The second-order valence-corrected chi connectivity index (χ2v) is 10.6. The number of halogens is 4. The Kier molecular flexibility index (Phi) is 7.09. The third-order valence-electron chi connectivity index (χ3n) is 5.87. The van der Waals surface area contributed by atoms with E-state index in [0.29, 0.717) is 29.5 Å². The molecule has 2 aromatic carbocycles. The maximum absolute atomic E-state index is 13.3. The van der Waals surface area contributed by atoms with Crippen LogP contribution in [0.4, 0.5) is 23.7 Å². The molecule has 0 unspecified atom stereocenters. The van der Waals surface area contributed by atoms with Crippen LogP contribution in [0.3, 0.4) is 0 Å². The van der Waals surface area contributed by atoms with Crippen LogP contribution in [0.15, 0.2) is 48.5 Å². The van der Waals surface area contributed by atoms with Gasteiger partial charge in [-0.3, -0.25) is 4.90 Å². The molecule has 34 heavy (non-hydrogen) atoms. The Morgan fingerprint density at radius 1 is 1.06 bits per heavy atom. The normalized spacial score (nSPS) is 20.2. The van der Waals surface area contributed by atoms with Gasteiger partial charge in [-0.1, -0.05) is 23.7 Å². The number of hydrogen-bond donors (Lipinski definition) is 0. The molecule has 0 N–H and O–H groups in total. The number of hydrogen-bond acceptors (Lipinski definition) is 4. The molecule has 2 aromatic rings. The van der Waals surface area contributed by atoms with E-state index in [9.17, 15) is 26.4 Å². The molecule has 0 aromatic heterocycles. The molecule has 0 aliphatic carbocycles.